The number of thioether (sulfide) groups is 1. The van der Waals surface area contributed by atoms with E-state index in [-0.39, 0.29) is 12.7 Å². The maximum Gasteiger partial charge on any atom is 0.0798 e. The average Bonchev–Trinajstić information content (AvgIpc) is 2.29. The lowest BCUT2D eigenvalue weighted by Crippen LogP contribution is -2.02. The predicted molar refractivity (Wildman–Crippen MR) is 68.7 cm³/mol. The molecule has 0 amide bonds. The van der Waals surface area contributed by atoms with Crippen molar-refractivity contribution in [2.45, 2.75) is 42.9 Å². The maximum atomic E-state index is 9.89. The van der Waals surface area contributed by atoms with Crippen molar-refractivity contribution in [3.63, 3.8) is 0 Å². The minimum absolute atomic E-state index is 0.215. The van der Waals surface area contributed by atoms with Crippen molar-refractivity contribution >= 4 is 11.8 Å². The molecular formula is C13H20O2S. The Morgan fingerprint density at radius 1 is 1.31 bits per heavy atom. The van der Waals surface area contributed by atoms with Crippen molar-refractivity contribution in [2.75, 3.05) is 6.61 Å². The second kappa shape index (κ2) is 6.94. The highest BCUT2D eigenvalue weighted by Gasteiger charge is 2.12. The fraction of sp³-hybridized carbons (Fsp3) is 0.538. The van der Waals surface area contributed by atoms with Crippen LogP contribution in [0.4, 0.5) is 0 Å². The fourth-order valence-electron chi connectivity index (χ4n) is 1.54. The van der Waals surface area contributed by atoms with E-state index in [0.717, 1.165) is 23.3 Å². The lowest BCUT2D eigenvalue weighted by molar-refractivity contribution is 0.171. The largest absolute Gasteiger partial charge is 0.396 e. The van der Waals surface area contributed by atoms with Crippen LogP contribution in [-0.4, -0.2) is 22.1 Å². The number of benzene rings is 1. The van der Waals surface area contributed by atoms with Gasteiger partial charge in [0.1, 0.15) is 0 Å². The van der Waals surface area contributed by atoms with Crippen LogP contribution < -0.4 is 0 Å². The Labute approximate surface area is 102 Å². The van der Waals surface area contributed by atoms with Gasteiger partial charge in [-0.15, -0.1) is 11.8 Å². The van der Waals surface area contributed by atoms with E-state index in [4.69, 9.17) is 5.11 Å². The molecule has 0 aliphatic rings. The molecule has 3 heteroatoms. The molecule has 2 nitrogen and oxygen atoms in total. The van der Waals surface area contributed by atoms with Crippen LogP contribution in [0, 0.1) is 0 Å². The summed E-state index contributed by atoms with van der Waals surface area (Å²) in [5.74, 6) is 0. The Bertz CT molecular complexity index is 315. The molecular weight excluding hydrogens is 220 g/mol. The number of aliphatic hydroxyl groups is 2. The van der Waals surface area contributed by atoms with Gasteiger partial charge in [0.2, 0.25) is 0 Å². The molecule has 0 radical (unpaired) electrons. The van der Waals surface area contributed by atoms with Crippen molar-refractivity contribution in [3.8, 4) is 0 Å². The van der Waals surface area contributed by atoms with Gasteiger partial charge in [-0.05, 0) is 24.5 Å². The van der Waals surface area contributed by atoms with Crippen molar-refractivity contribution in [3.05, 3.63) is 29.8 Å². The molecule has 2 atom stereocenters. The van der Waals surface area contributed by atoms with Crippen molar-refractivity contribution < 1.29 is 10.2 Å². The molecule has 16 heavy (non-hydrogen) atoms. The summed E-state index contributed by atoms with van der Waals surface area (Å²) < 4.78 is 0. The number of hydrogen-bond donors (Lipinski definition) is 2. The lowest BCUT2D eigenvalue weighted by Gasteiger charge is -2.16. The van der Waals surface area contributed by atoms with Crippen LogP contribution in [0.5, 0.6) is 0 Å². The molecule has 2 N–H and O–H groups in total. The smallest absolute Gasteiger partial charge is 0.0798 e. The number of aliphatic hydroxyl groups excluding tert-OH is 2. The molecule has 0 aliphatic heterocycles. The van der Waals surface area contributed by atoms with Crippen molar-refractivity contribution in [2.24, 2.45) is 0 Å². The van der Waals surface area contributed by atoms with Crippen LogP contribution >= 0.6 is 11.8 Å². The summed E-state index contributed by atoms with van der Waals surface area (Å²) >= 11 is 1.72. The van der Waals surface area contributed by atoms with E-state index < -0.39 is 0 Å². The highest BCUT2D eigenvalue weighted by atomic mass is 32.2. The zero-order valence-electron chi connectivity index (χ0n) is 9.89. The standard InChI is InChI=1S/C13H20O2S/c1-3-12(15)11-6-4-5-7-13(11)16-10(2)8-9-14/h4-7,10,12,14-15H,3,8-9H2,1-2H3. The molecule has 1 aromatic carbocycles. The van der Waals surface area contributed by atoms with Crippen LogP contribution in [0.1, 0.15) is 38.4 Å². The number of rotatable bonds is 6. The molecule has 0 saturated carbocycles. The Kier molecular flexibility index (Phi) is 5.88. The van der Waals surface area contributed by atoms with Crippen LogP contribution in [0.2, 0.25) is 0 Å². The summed E-state index contributed by atoms with van der Waals surface area (Å²) in [6.07, 6.45) is 1.12. The molecule has 1 aromatic rings. The highest BCUT2D eigenvalue weighted by Crippen LogP contribution is 2.32. The first-order valence-electron chi connectivity index (χ1n) is 5.73. The Morgan fingerprint density at radius 3 is 2.62 bits per heavy atom. The van der Waals surface area contributed by atoms with Gasteiger partial charge in [0.15, 0.2) is 0 Å². The molecule has 0 aromatic heterocycles. The van der Waals surface area contributed by atoms with Gasteiger partial charge >= 0.3 is 0 Å². The predicted octanol–water partition coefficient (Wildman–Crippen LogP) is 2.99. The maximum absolute atomic E-state index is 9.89. The monoisotopic (exact) mass is 240 g/mol. The number of hydrogen-bond acceptors (Lipinski definition) is 3. The van der Waals surface area contributed by atoms with Gasteiger partial charge < -0.3 is 10.2 Å². The molecule has 0 fully saturated rings. The molecule has 0 spiro atoms. The topological polar surface area (TPSA) is 40.5 Å². The van der Waals surface area contributed by atoms with Gasteiger partial charge in [-0.3, -0.25) is 0 Å². The van der Waals surface area contributed by atoms with E-state index in [2.05, 4.69) is 6.92 Å². The quantitative estimate of drug-likeness (QED) is 0.751. The van der Waals surface area contributed by atoms with Gasteiger partial charge in [0, 0.05) is 16.8 Å². The van der Waals surface area contributed by atoms with E-state index >= 15 is 0 Å². The van der Waals surface area contributed by atoms with Crippen LogP contribution in [0.25, 0.3) is 0 Å². The SMILES string of the molecule is CCC(O)c1ccccc1SC(C)CCO. The van der Waals surface area contributed by atoms with Gasteiger partial charge in [-0.25, -0.2) is 0 Å². The van der Waals surface area contributed by atoms with Gasteiger partial charge in [-0.2, -0.15) is 0 Å². The van der Waals surface area contributed by atoms with E-state index in [1.807, 2.05) is 31.2 Å². The Balaban J connectivity index is 2.78. The van der Waals surface area contributed by atoms with Gasteiger partial charge in [0.25, 0.3) is 0 Å². The molecule has 0 bridgehead atoms. The second-order valence-electron chi connectivity index (χ2n) is 3.90. The zero-order valence-corrected chi connectivity index (χ0v) is 10.7. The zero-order chi connectivity index (χ0) is 12.0. The molecule has 0 saturated heterocycles. The van der Waals surface area contributed by atoms with E-state index in [9.17, 15) is 5.11 Å². The van der Waals surface area contributed by atoms with Crippen molar-refractivity contribution in [1.29, 1.82) is 0 Å². The molecule has 2 unspecified atom stereocenters. The molecule has 0 aliphatic carbocycles. The fourth-order valence-corrected chi connectivity index (χ4v) is 2.69. The van der Waals surface area contributed by atoms with E-state index in [0.29, 0.717) is 5.25 Å². The summed E-state index contributed by atoms with van der Waals surface area (Å²) in [6, 6.07) is 7.95. The third-order valence-electron chi connectivity index (χ3n) is 2.53. The summed E-state index contributed by atoms with van der Waals surface area (Å²) in [5.41, 5.74) is 1.000. The second-order valence-corrected chi connectivity index (χ2v) is 5.38. The summed E-state index contributed by atoms with van der Waals surface area (Å²) in [6.45, 7) is 4.28. The summed E-state index contributed by atoms with van der Waals surface area (Å²) in [7, 11) is 0. The lowest BCUT2D eigenvalue weighted by atomic mass is 10.1. The summed E-state index contributed by atoms with van der Waals surface area (Å²) in [5, 5.41) is 19.1. The first-order chi connectivity index (χ1) is 7.69. The average molecular weight is 240 g/mol. The van der Waals surface area contributed by atoms with Crippen LogP contribution in [-0.2, 0) is 0 Å². The van der Waals surface area contributed by atoms with Crippen molar-refractivity contribution in [1.82, 2.24) is 0 Å². The van der Waals surface area contributed by atoms with Crippen LogP contribution in [0.15, 0.2) is 29.2 Å². The molecule has 1 rings (SSSR count). The minimum Gasteiger partial charge on any atom is -0.396 e. The van der Waals surface area contributed by atoms with E-state index in [1.54, 1.807) is 11.8 Å². The molecule has 0 heterocycles. The first-order valence-corrected chi connectivity index (χ1v) is 6.61. The van der Waals surface area contributed by atoms with Gasteiger partial charge in [0.05, 0.1) is 6.10 Å². The van der Waals surface area contributed by atoms with Gasteiger partial charge in [-0.1, -0.05) is 32.0 Å². The Morgan fingerprint density at radius 2 is 2.00 bits per heavy atom. The van der Waals surface area contributed by atoms with Crippen LogP contribution in [0.3, 0.4) is 0 Å². The van der Waals surface area contributed by atoms with E-state index in [1.165, 1.54) is 0 Å². The first kappa shape index (κ1) is 13.6. The normalized spacial score (nSPS) is 14.8. The molecule has 90 valence electrons. The minimum atomic E-state index is -0.384. The Hall–Kier alpha value is -0.510. The summed E-state index contributed by atoms with van der Waals surface area (Å²) in [4.78, 5) is 1.12. The highest BCUT2D eigenvalue weighted by molar-refractivity contribution is 8.00. The third kappa shape index (κ3) is 3.81. The third-order valence-corrected chi connectivity index (χ3v) is 3.79.